The number of alkyl halides is 2. The minimum atomic E-state index is -0.856. The fourth-order valence-electron chi connectivity index (χ4n) is 4.49. The van der Waals surface area contributed by atoms with Crippen molar-refractivity contribution in [1.29, 1.82) is 0 Å². The molecule has 1 saturated heterocycles. The molecule has 1 aromatic heterocycles. The maximum absolute atomic E-state index is 12.7. The summed E-state index contributed by atoms with van der Waals surface area (Å²) in [5, 5.41) is 5.26. The summed E-state index contributed by atoms with van der Waals surface area (Å²) in [7, 11) is 0. The summed E-state index contributed by atoms with van der Waals surface area (Å²) in [5.41, 5.74) is 0. The number of aromatic nitrogens is 1. The predicted octanol–water partition coefficient (Wildman–Crippen LogP) is 0.930. The number of amides is 3. The van der Waals surface area contributed by atoms with Crippen molar-refractivity contribution < 1.29 is 28.4 Å². The number of fused-ring (bicyclic) bond motifs is 5. The van der Waals surface area contributed by atoms with Crippen LogP contribution in [0.4, 0.5) is 5.82 Å². The molecule has 11 heteroatoms. The van der Waals surface area contributed by atoms with E-state index < -0.39 is 48.7 Å². The molecule has 0 unspecified atom stereocenters. The molecule has 2 heterocycles. The summed E-state index contributed by atoms with van der Waals surface area (Å²) in [4.78, 5) is 50.0. The number of carbonyl (C=O) groups is 4. The van der Waals surface area contributed by atoms with E-state index in [4.69, 9.17) is 32.5 Å². The summed E-state index contributed by atoms with van der Waals surface area (Å²) in [5.74, 6) is -2.98. The van der Waals surface area contributed by atoms with Gasteiger partial charge >= 0.3 is 5.97 Å². The number of ether oxygens (including phenoxy) is 1. The Morgan fingerprint density at radius 3 is 2.39 bits per heavy atom. The van der Waals surface area contributed by atoms with Gasteiger partial charge in [0.2, 0.25) is 11.8 Å². The Morgan fingerprint density at radius 2 is 1.86 bits per heavy atom. The maximum Gasteiger partial charge on any atom is 0.326 e. The Hall–Kier alpha value is -2.13. The highest BCUT2D eigenvalue weighted by Gasteiger charge is 2.66. The van der Waals surface area contributed by atoms with Crippen LogP contribution in [-0.4, -0.2) is 57.7 Å². The fraction of sp³-hybridized carbons (Fsp3) is 0.588. The van der Waals surface area contributed by atoms with Crippen LogP contribution in [0.2, 0.25) is 0 Å². The number of hydrogen-bond acceptors (Lipinski definition) is 7. The SMILES string of the molecule is Cc1cc(NC(=O)COC(=O)CN2C(=O)[C@@H]3[C@H]4C[C@@H]([C@H](Cl)[C@H]4Cl)[C@H]3C2=O)no1. The molecule has 2 bridgehead atoms. The fourth-order valence-corrected chi connectivity index (χ4v) is 5.38. The number of hydrogen-bond donors (Lipinski definition) is 1. The largest absolute Gasteiger partial charge is 0.454 e. The highest BCUT2D eigenvalue weighted by atomic mass is 35.5. The third-order valence-corrected chi connectivity index (χ3v) is 6.94. The lowest BCUT2D eigenvalue weighted by atomic mass is 9.80. The number of esters is 1. The van der Waals surface area contributed by atoms with Crippen LogP contribution in [0, 0.1) is 30.6 Å². The first kappa shape index (κ1) is 19.2. The number of aryl methyl sites for hydroxylation is 1. The van der Waals surface area contributed by atoms with E-state index in [0.29, 0.717) is 12.2 Å². The van der Waals surface area contributed by atoms with Gasteiger partial charge in [-0.1, -0.05) is 5.16 Å². The van der Waals surface area contributed by atoms with Crippen molar-refractivity contribution in [3.8, 4) is 0 Å². The first-order valence-corrected chi connectivity index (χ1v) is 9.67. The van der Waals surface area contributed by atoms with Crippen molar-refractivity contribution in [2.24, 2.45) is 23.7 Å². The van der Waals surface area contributed by atoms with E-state index in [1.165, 1.54) is 6.07 Å². The highest BCUT2D eigenvalue weighted by Crippen LogP contribution is 2.59. The van der Waals surface area contributed by atoms with Crippen molar-refractivity contribution >= 4 is 52.7 Å². The molecule has 2 saturated carbocycles. The zero-order chi connectivity index (χ0) is 20.2. The second-order valence-electron chi connectivity index (χ2n) is 7.30. The van der Waals surface area contributed by atoms with E-state index in [2.05, 4.69) is 10.5 Å². The van der Waals surface area contributed by atoms with Crippen molar-refractivity contribution in [3.05, 3.63) is 11.8 Å². The van der Waals surface area contributed by atoms with Gasteiger partial charge in [-0.05, 0) is 25.2 Å². The van der Waals surface area contributed by atoms with E-state index >= 15 is 0 Å². The molecular formula is C17H17Cl2N3O6. The second-order valence-corrected chi connectivity index (χ2v) is 8.31. The molecule has 4 rings (SSSR count). The summed E-state index contributed by atoms with van der Waals surface area (Å²) in [6.07, 6.45) is 0.648. The van der Waals surface area contributed by atoms with Gasteiger partial charge in [0, 0.05) is 6.07 Å². The predicted molar refractivity (Wildman–Crippen MR) is 95.4 cm³/mol. The van der Waals surface area contributed by atoms with Gasteiger partial charge in [0.15, 0.2) is 12.4 Å². The lowest BCUT2D eigenvalue weighted by molar-refractivity contribution is -0.154. The lowest BCUT2D eigenvalue weighted by Gasteiger charge is -2.28. The topological polar surface area (TPSA) is 119 Å². The van der Waals surface area contributed by atoms with E-state index in [1.54, 1.807) is 6.92 Å². The first-order valence-electron chi connectivity index (χ1n) is 8.80. The van der Waals surface area contributed by atoms with Crippen LogP contribution in [0.3, 0.4) is 0 Å². The number of nitrogens with zero attached hydrogens (tertiary/aromatic N) is 2. The quantitative estimate of drug-likeness (QED) is 0.419. The summed E-state index contributed by atoms with van der Waals surface area (Å²) < 4.78 is 9.67. The Kier molecular flexibility index (Phi) is 4.83. The van der Waals surface area contributed by atoms with Crippen LogP contribution in [-0.2, 0) is 23.9 Å². The average Bonchev–Trinajstić information content (AvgIpc) is 3.36. The molecule has 6 atom stereocenters. The monoisotopic (exact) mass is 429 g/mol. The van der Waals surface area contributed by atoms with Crippen molar-refractivity contribution in [2.45, 2.75) is 24.1 Å². The standard InChI is InChI=1S/C17H17Cl2N3O6/c1-6-2-9(21-28-6)20-10(23)5-27-11(24)4-22-16(25)12-7-3-8(13(12)17(22)26)15(19)14(7)18/h2,7-8,12-15H,3-5H2,1H3,(H,20,21,23)/t7-,8-,12-,13-,14+,15+/m1/s1. The minimum absolute atomic E-state index is 0.159. The molecule has 1 aromatic rings. The number of anilines is 1. The van der Waals surface area contributed by atoms with Gasteiger partial charge in [0.25, 0.3) is 5.91 Å². The third kappa shape index (κ3) is 3.06. The highest BCUT2D eigenvalue weighted by molar-refractivity contribution is 6.31. The van der Waals surface area contributed by atoms with Gasteiger partial charge in [-0.2, -0.15) is 0 Å². The minimum Gasteiger partial charge on any atom is -0.454 e. The summed E-state index contributed by atoms with van der Waals surface area (Å²) >= 11 is 12.6. The van der Waals surface area contributed by atoms with Crippen LogP contribution in [0.1, 0.15) is 12.2 Å². The van der Waals surface area contributed by atoms with Gasteiger partial charge in [0.05, 0.1) is 22.6 Å². The van der Waals surface area contributed by atoms with Crippen molar-refractivity contribution in [2.75, 3.05) is 18.5 Å². The van der Waals surface area contributed by atoms with Gasteiger partial charge in [0.1, 0.15) is 12.3 Å². The van der Waals surface area contributed by atoms with Gasteiger partial charge in [-0.25, -0.2) is 0 Å². The zero-order valence-electron chi connectivity index (χ0n) is 14.8. The van der Waals surface area contributed by atoms with Gasteiger partial charge in [-0.15, -0.1) is 23.2 Å². The van der Waals surface area contributed by atoms with Gasteiger partial charge < -0.3 is 14.6 Å². The first-order chi connectivity index (χ1) is 13.3. The zero-order valence-corrected chi connectivity index (χ0v) is 16.3. The molecule has 1 N–H and O–H groups in total. The van der Waals surface area contributed by atoms with Gasteiger partial charge in [-0.3, -0.25) is 24.1 Å². The average molecular weight is 430 g/mol. The molecule has 3 aliphatic rings. The molecular weight excluding hydrogens is 413 g/mol. The normalized spacial score (nSPS) is 33.3. The number of likely N-dealkylation sites (tertiary alicyclic amines) is 1. The summed E-state index contributed by atoms with van der Waals surface area (Å²) in [6, 6.07) is 1.50. The lowest BCUT2D eigenvalue weighted by Crippen LogP contribution is -2.38. The molecule has 0 aromatic carbocycles. The number of nitrogens with one attached hydrogen (secondary N) is 1. The van der Waals surface area contributed by atoms with Crippen LogP contribution >= 0.6 is 23.2 Å². The smallest absolute Gasteiger partial charge is 0.326 e. The molecule has 0 spiro atoms. The Bertz CT molecular complexity index is 826. The van der Waals surface area contributed by atoms with E-state index in [1.807, 2.05) is 0 Å². The molecule has 150 valence electrons. The van der Waals surface area contributed by atoms with Crippen LogP contribution < -0.4 is 5.32 Å². The van der Waals surface area contributed by atoms with Crippen LogP contribution in [0.5, 0.6) is 0 Å². The van der Waals surface area contributed by atoms with Crippen LogP contribution in [0.15, 0.2) is 10.6 Å². The molecule has 28 heavy (non-hydrogen) atoms. The van der Waals surface area contributed by atoms with Crippen molar-refractivity contribution in [3.63, 3.8) is 0 Å². The molecule has 3 fully saturated rings. The van der Waals surface area contributed by atoms with Crippen LogP contribution in [0.25, 0.3) is 0 Å². The van der Waals surface area contributed by atoms with E-state index in [0.717, 1.165) is 4.90 Å². The Labute approximate surface area is 169 Å². The maximum atomic E-state index is 12.7. The Morgan fingerprint density at radius 1 is 1.25 bits per heavy atom. The molecule has 9 nitrogen and oxygen atoms in total. The van der Waals surface area contributed by atoms with E-state index in [9.17, 15) is 19.2 Å². The number of carbonyl (C=O) groups excluding carboxylic acids is 4. The third-order valence-electron chi connectivity index (χ3n) is 5.63. The van der Waals surface area contributed by atoms with Crippen molar-refractivity contribution in [1.82, 2.24) is 10.1 Å². The molecule has 2 aliphatic carbocycles. The van der Waals surface area contributed by atoms with E-state index in [-0.39, 0.29) is 28.4 Å². The number of halogens is 2. The molecule has 3 amide bonds. The second kappa shape index (κ2) is 7.04. The molecule has 1 aliphatic heterocycles. The number of imide groups is 1. The number of rotatable bonds is 5. The Balaban J connectivity index is 1.32. The summed E-state index contributed by atoms with van der Waals surface area (Å²) in [6.45, 7) is 0.542. The molecule has 0 radical (unpaired) electrons.